The van der Waals surface area contributed by atoms with Gasteiger partial charge < -0.3 is 9.67 Å². The summed E-state index contributed by atoms with van der Waals surface area (Å²) in [4.78, 5) is 8.33. The Morgan fingerprint density at radius 2 is 2.05 bits per heavy atom. The van der Waals surface area contributed by atoms with E-state index in [9.17, 15) is 5.11 Å². The molecule has 1 aliphatic carbocycles. The van der Waals surface area contributed by atoms with E-state index >= 15 is 0 Å². The molecule has 100 valence electrons. The predicted molar refractivity (Wildman–Crippen MR) is 76.3 cm³/mol. The van der Waals surface area contributed by atoms with Crippen LogP contribution < -0.4 is 0 Å². The van der Waals surface area contributed by atoms with E-state index in [1.165, 1.54) is 12.8 Å². The maximum Gasteiger partial charge on any atom is 0.121 e. The lowest BCUT2D eigenvalue weighted by molar-refractivity contribution is 0.211. The molecule has 0 spiro atoms. The van der Waals surface area contributed by atoms with Crippen molar-refractivity contribution in [2.24, 2.45) is 0 Å². The highest BCUT2D eigenvalue weighted by Crippen LogP contribution is 2.38. The number of aliphatic hydroxyl groups is 1. The van der Waals surface area contributed by atoms with Crippen LogP contribution in [0.1, 0.15) is 36.2 Å². The molecule has 0 aliphatic heterocycles. The lowest BCUT2D eigenvalue weighted by Crippen LogP contribution is -2.07. The predicted octanol–water partition coefficient (Wildman–Crippen LogP) is 2.85. The van der Waals surface area contributed by atoms with Crippen molar-refractivity contribution in [2.75, 3.05) is 0 Å². The molecule has 0 saturated heterocycles. The number of hydrogen-bond acceptors (Lipinski definition) is 3. The van der Waals surface area contributed by atoms with Gasteiger partial charge in [0.15, 0.2) is 0 Å². The molecule has 1 atom stereocenters. The normalized spacial score (nSPS) is 16.4. The van der Waals surface area contributed by atoms with Gasteiger partial charge in [0.2, 0.25) is 0 Å². The highest BCUT2D eigenvalue weighted by atomic mass is 16.3. The third-order valence-electron chi connectivity index (χ3n) is 3.93. The highest BCUT2D eigenvalue weighted by molar-refractivity contribution is 5.85. The Bertz CT molecular complexity index is 756. The largest absolute Gasteiger partial charge is 0.382 e. The third-order valence-corrected chi connectivity index (χ3v) is 3.93. The maximum absolute atomic E-state index is 10.8. The molecule has 2 heterocycles. The van der Waals surface area contributed by atoms with Crippen molar-refractivity contribution in [1.82, 2.24) is 14.5 Å². The number of benzene rings is 1. The van der Waals surface area contributed by atoms with Gasteiger partial charge in [0.1, 0.15) is 6.10 Å². The number of nitrogens with zero attached hydrogens (tertiary/aromatic N) is 3. The summed E-state index contributed by atoms with van der Waals surface area (Å²) in [5, 5.41) is 12.8. The van der Waals surface area contributed by atoms with Gasteiger partial charge in [-0.3, -0.25) is 4.98 Å². The van der Waals surface area contributed by atoms with Gasteiger partial charge in [-0.1, -0.05) is 18.2 Å². The van der Waals surface area contributed by atoms with Gasteiger partial charge in [-0.25, -0.2) is 4.98 Å². The molecule has 2 aromatic heterocycles. The molecule has 0 amide bonds. The van der Waals surface area contributed by atoms with E-state index in [2.05, 4.69) is 14.5 Å². The zero-order chi connectivity index (χ0) is 13.5. The molecule has 1 aromatic carbocycles. The number of aromatic nitrogens is 3. The number of rotatable bonds is 3. The van der Waals surface area contributed by atoms with E-state index in [-0.39, 0.29) is 0 Å². The molecule has 4 rings (SSSR count). The fraction of sp³-hybridized carbons (Fsp3) is 0.250. The lowest BCUT2D eigenvalue weighted by Gasteiger charge is -2.15. The van der Waals surface area contributed by atoms with Crippen LogP contribution in [0.15, 0.2) is 49.2 Å². The van der Waals surface area contributed by atoms with Crippen LogP contribution in [0.25, 0.3) is 10.8 Å². The van der Waals surface area contributed by atoms with Crippen LogP contribution in [0.2, 0.25) is 0 Å². The number of hydrogen-bond donors (Lipinski definition) is 1. The maximum atomic E-state index is 10.8. The summed E-state index contributed by atoms with van der Waals surface area (Å²) in [5.74, 6) is 0. The second-order valence-electron chi connectivity index (χ2n) is 5.30. The third kappa shape index (κ3) is 1.80. The topological polar surface area (TPSA) is 50.9 Å². The van der Waals surface area contributed by atoms with Gasteiger partial charge in [0.05, 0.1) is 18.2 Å². The fourth-order valence-corrected chi connectivity index (χ4v) is 2.73. The minimum atomic E-state index is -0.649. The van der Waals surface area contributed by atoms with Gasteiger partial charge >= 0.3 is 0 Å². The molecular formula is C16H15N3O. The van der Waals surface area contributed by atoms with Gasteiger partial charge in [-0.05, 0) is 29.9 Å². The summed E-state index contributed by atoms with van der Waals surface area (Å²) < 4.78 is 2.10. The van der Waals surface area contributed by atoms with Crippen LogP contribution in [0, 0.1) is 0 Å². The average Bonchev–Trinajstić information content (AvgIpc) is 3.23. The quantitative estimate of drug-likeness (QED) is 0.792. The van der Waals surface area contributed by atoms with Crippen LogP contribution in [0.4, 0.5) is 0 Å². The zero-order valence-corrected chi connectivity index (χ0v) is 11.0. The Balaban J connectivity index is 1.84. The van der Waals surface area contributed by atoms with Crippen molar-refractivity contribution in [3.8, 4) is 0 Å². The number of pyridine rings is 1. The summed E-state index contributed by atoms with van der Waals surface area (Å²) in [6.45, 7) is 0. The van der Waals surface area contributed by atoms with Crippen molar-refractivity contribution < 1.29 is 5.11 Å². The Morgan fingerprint density at radius 1 is 1.15 bits per heavy atom. The van der Waals surface area contributed by atoms with Crippen molar-refractivity contribution in [3.05, 3.63) is 60.4 Å². The van der Waals surface area contributed by atoms with Crippen LogP contribution in [0.3, 0.4) is 0 Å². The number of imidazole rings is 1. The molecule has 0 radical (unpaired) electrons. The first-order valence-corrected chi connectivity index (χ1v) is 6.87. The second-order valence-corrected chi connectivity index (χ2v) is 5.30. The van der Waals surface area contributed by atoms with E-state index in [1.807, 2.05) is 36.8 Å². The summed E-state index contributed by atoms with van der Waals surface area (Å²) >= 11 is 0. The molecule has 1 aliphatic rings. The van der Waals surface area contributed by atoms with Crippen molar-refractivity contribution in [3.63, 3.8) is 0 Å². The summed E-state index contributed by atoms with van der Waals surface area (Å²) in [6.07, 6.45) is 8.88. The lowest BCUT2D eigenvalue weighted by atomic mass is 10.00. The zero-order valence-electron chi connectivity index (χ0n) is 11.0. The molecular weight excluding hydrogens is 250 g/mol. The van der Waals surface area contributed by atoms with Gasteiger partial charge in [0.25, 0.3) is 0 Å². The molecule has 1 fully saturated rings. The van der Waals surface area contributed by atoms with E-state index < -0.39 is 6.10 Å². The molecule has 4 heteroatoms. The fourth-order valence-electron chi connectivity index (χ4n) is 2.73. The molecule has 20 heavy (non-hydrogen) atoms. The average molecular weight is 265 g/mol. The summed E-state index contributed by atoms with van der Waals surface area (Å²) in [7, 11) is 0. The Hall–Kier alpha value is -2.20. The van der Waals surface area contributed by atoms with Gasteiger partial charge in [-0.2, -0.15) is 0 Å². The SMILES string of the molecule is OC(c1cccc2cnccc12)c1cncn1C1CC1. The molecule has 1 N–H and O–H groups in total. The summed E-state index contributed by atoms with van der Waals surface area (Å²) in [5.41, 5.74) is 1.78. The van der Waals surface area contributed by atoms with Crippen molar-refractivity contribution in [2.45, 2.75) is 25.0 Å². The van der Waals surface area contributed by atoms with E-state index in [0.29, 0.717) is 6.04 Å². The van der Waals surface area contributed by atoms with E-state index in [4.69, 9.17) is 0 Å². The smallest absolute Gasteiger partial charge is 0.121 e. The van der Waals surface area contributed by atoms with Crippen LogP contribution >= 0.6 is 0 Å². The van der Waals surface area contributed by atoms with Crippen LogP contribution in [0.5, 0.6) is 0 Å². The summed E-state index contributed by atoms with van der Waals surface area (Å²) in [6, 6.07) is 8.40. The van der Waals surface area contributed by atoms with Crippen LogP contribution in [-0.2, 0) is 0 Å². The minimum Gasteiger partial charge on any atom is -0.382 e. The second kappa shape index (κ2) is 4.42. The Kier molecular flexibility index (Phi) is 2.57. The Labute approximate surface area is 116 Å². The van der Waals surface area contributed by atoms with E-state index in [0.717, 1.165) is 22.0 Å². The van der Waals surface area contributed by atoms with Crippen molar-refractivity contribution >= 4 is 10.8 Å². The molecule has 1 saturated carbocycles. The Morgan fingerprint density at radius 3 is 2.90 bits per heavy atom. The first kappa shape index (κ1) is 11.6. The number of aliphatic hydroxyl groups excluding tert-OH is 1. The molecule has 3 aromatic rings. The van der Waals surface area contributed by atoms with E-state index in [1.54, 1.807) is 12.4 Å². The van der Waals surface area contributed by atoms with Gasteiger partial charge in [0, 0.05) is 23.8 Å². The number of fused-ring (bicyclic) bond motifs is 1. The monoisotopic (exact) mass is 265 g/mol. The van der Waals surface area contributed by atoms with Crippen LogP contribution in [-0.4, -0.2) is 19.6 Å². The molecule has 4 nitrogen and oxygen atoms in total. The highest BCUT2D eigenvalue weighted by Gasteiger charge is 2.28. The first-order valence-electron chi connectivity index (χ1n) is 6.87. The van der Waals surface area contributed by atoms with Crippen molar-refractivity contribution in [1.29, 1.82) is 0 Å². The molecule has 1 unspecified atom stereocenters. The first-order chi connectivity index (χ1) is 9.84. The minimum absolute atomic E-state index is 0.513. The van der Waals surface area contributed by atoms with Gasteiger partial charge in [-0.15, -0.1) is 0 Å². The standard InChI is InChI=1S/C16H15N3O/c20-16(15-9-18-10-19(15)12-4-5-12)14-3-1-2-11-8-17-7-6-13(11)14/h1-3,6-10,12,16,20H,4-5H2. The molecule has 0 bridgehead atoms.